The molecular formula is C16H22F4N2O. The van der Waals surface area contributed by atoms with Crippen LogP contribution in [0.15, 0.2) is 6.08 Å². The number of rotatable bonds is 9. The topological polar surface area (TPSA) is 24.5 Å². The van der Waals surface area contributed by atoms with Gasteiger partial charge in [0.15, 0.2) is 23.3 Å². The molecule has 1 rings (SSSR count). The van der Waals surface area contributed by atoms with Gasteiger partial charge in [0.1, 0.15) is 5.69 Å². The van der Waals surface area contributed by atoms with Gasteiger partial charge in [-0.3, -0.25) is 0 Å². The van der Waals surface area contributed by atoms with Crippen molar-refractivity contribution in [3.05, 3.63) is 34.9 Å². The summed E-state index contributed by atoms with van der Waals surface area (Å²) < 4.78 is 60.5. The number of hydrogen-bond donors (Lipinski definition) is 1. The first-order valence-corrected chi connectivity index (χ1v) is 7.45. The van der Waals surface area contributed by atoms with Gasteiger partial charge < -0.3 is 15.0 Å². The molecule has 0 atom stereocenters. The molecule has 0 radical (unpaired) electrons. The predicted octanol–water partition coefficient (Wildman–Crippen LogP) is 3.66. The highest BCUT2D eigenvalue weighted by Gasteiger charge is 2.23. The predicted molar refractivity (Wildman–Crippen MR) is 83.5 cm³/mol. The van der Waals surface area contributed by atoms with Crippen LogP contribution in [0.1, 0.15) is 19.4 Å². The maximum absolute atomic E-state index is 14.0. The standard InChI is InChI=1S/C16H22F4N2O/c1-4-22(5-2)9-6-7-11-12(17)14(19)16(15(20)13(11)18)21-8-10-23-3/h6-7,21H,4-5,8-10H2,1-3H3/b7-6+. The number of methoxy groups -OCH3 is 1. The molecule has 3 nitrogen and oxygen atoms in total. The molecule has 1 N–H and O–H groups in total. The molecule has 1 aromatic rings. The highest BCUT2D eigenvalue weighted by atomic mass is 19.2. The summed E-state index contributed by atoms with van der Waals surface area (Å²) in [7, 11) is 1.40. The van der Waals surface area contributed by atoms with E-state index in [1.54, 1.807) is 0 Å². The van der Waals surface area contributed by atoms with Gasteiger partial charge in [0.25, 0.3) is 0 Å². The quantitative estimate of drug-likeness (QED) is 0.424. The number of ether oxygens (including phenoxy) is 1. The fourth-order valence-electron chi connectivity index (χ4n) is 2.03. The van der Waals surface area contributed by atoms with E-state index in [0.717, 1.165) is 19.2 Å². The van der Waals surface area contributed by atoms with E-state index in [1.165, 1.54) is 13.2 Å². The van der Waals surface area contributed by atoms with E-state index in [-0.39, 0.29) is 13.2 Å². The molecule has 1 aromatic carbocycles. The molecule has 0 spiro atoms. The molecule has 7 heteroatoms. The highest BCUT2D eigenvalue weighted by molar-refractivity contribution is 5.58. The number of hydrogen-bond acceptors (Lipinski definition) is 3. The Kier molecular flexibility index (Phi) is 8.05. The van der Waals surface area contributed by atoms with E-state index in [1.807, 2.05) is 18.7 Å². The van der Waals surface area contributed by atoms with Crippen molar-refractivity contribution in [3.8, 4) is 0 Å². The average Bonchev–Trinajstić information content (AvgIpc) is 2.56. The SMILES string of the molecule is CCN(CC)C/C=C/c1c(F)c(F)c(NCCOC)c(F)c1F. The lowest BCUT2D eigenvalue weighted by molar-refractivity contribution is 0.210. The monoisotopic (exact) mass is 334 g/mol. The van der Waals surface area contributed by atoms with Crippen LogP contribution in [0.25, 0.3) is 6.08 Å². The number of anilines is 1. The Morgan fingerprint density at radius 2 is 1.57 bits per heavy atom. The minimum absolute atomic E-state index is 0.0281. The van der Waals surface area contributed by atoms with Crippen molar-refractivity contribution in [1.82, 2.24) is 4.90 Å². The maximum Gasteiger partial charge on any atom is 0.185 e. The summed E-state index contributed by atoms with van der Waals surface area (Å²) in [5.41, 5.74) is -1.54. The lowest BCUT2D eigenvalue weighted by atomic mass is 10.1. The molecule has 0 saturated carbocycles. The van der Waals surface area contributed by atoms with Crippen molar-refractivity contribution in [1.29, 1.82) is 0 Å². The molecule has 0 bridgehead atoms. The van der Waals surface area contributed by atoms with Gasteiger partial charge in [-0.05, 0) is 13.1 Å². The second kappa shape index (κ2) is 9.52. The average molecular weight is 334 g/mol. The summed E-state index contributed by atoms with van der Waals surface area (Å²) in [5, 5.41) is 2.30. The van der Waals surface area contributed by atoms with Crippen molar-refractivity contribution in [2.75, 3.05) is 45.2 Å². The maximum atomic E-state index is 14.0. The van der Waals surface area contributed by atoms with Gasteiger partial charge in [0.05, 0.1) is 12.2 Å². The van der Waals surface area contributed by atoms with Crippen molar-refractivity contribution in [2.24, 2.45) is 0 Å². The van der Waals surface area contributed by atoms with E-state index >= 15 is 0 Å². The molecule has 130 valence electrons. The summed E-state index contributed by atoms with van der Waals surface area (Å²) in [6.45, 7) is 6.02. The van der Waals surface area contributed by atoms with Crippen molar-refractivity contribution < 1.29 is 22.3 Å². The van der Waals surface area contributed by atoms with E-state index in [4.69, 9.17) is 4.74 Å². The third-order valence-electron chi connectivity index (χ3n) is 3.45. The van der Waals surface area contributed by atoms with Gasteiger partial charge in [-0.1, -0.05) is 26.0 Å². The van der Waals surface area contributed by atoms with Crippen LogP contribution in [0.5, 0.6) is 0 Å². The van der Waals surface area contributed by atoms with Gasteiger partial charge in [-0.15, -0.1) is 0 Å². The largest absolute Gasteiger partial charge is 0.383 e. The smallest absolute Gasteiger partial charge is 0.185 e. The molecule has 0 amide bonds. The first-order valence-electron chi connectivity index (χ1n) is 7.45. The molecule has 0 saturated heterocycles. The molecule has 0 unspecified atom stereocenters. The summed E-state index contributed by atoms with van der Waals surface area (Å²) >= 11 is 0. The van der Waals surface area contributed by atoms with Crippen molar-refractivity contribution >= 4 is 11.8 Å². The molecule has 0 aromatic heterocycles. The van der Waals surface area contributed by atoms with E-state index in [2.05, 4.69) is 5.32 Å². The molecule has 0 aliphatic carbocycles. The van der Waals surface area contributed by atoms with Gasteiger partial charge in [-0.25, -0.2) is 17.6 Å². The molecule has 0 fully saturated rings. The van der Waals surface area contributed by atoms with Gasteiger partial charge in [-0.2, -0.15) is 0 Å². The second-order valence-corrected chi connectivity index (χ2v) is 4.85. The normalized spacial score (nSPS) is 11.7. The summed E-state index contributed by atoms with van der Waals surface area (Å²) in [6, 6.07) is 0. The van der Waals surface area contributed by atoms with Crippen LogP contribution >= 0.6 is 0 Å². The fraction of sp³-hybridized carbons (Fsp3) is 0.500. The van der Waals surface area contributed by atoms with Crippen LogP contribution in [-0.2, 0) is 4.74 Å². The molecule has 0 aliphatic rings. The Labute approximate surface area is 133 Å². The Balaban J connectivity index is 3.04. The Morgan fingerprint density at radius 3 is 2.04 bits per heavy atom. The van der Waals surface area contributed by atoms with Gasteiger partial charge >= 0.3 is 0 Å². The zero-order valence-corrected chi connectivity index (χ0v) is 13.6. The van der Waals surface area contributed by atoms with Crippen LogP contribution in [0.2, 0.25) is 0 Å². The highest BCUT2D eigenvalue weighted by Crippen LogP contribution is 2.28. The van der Waals surface area contributed by atoms with E-state index < -0.39 is 34.5 Å². The number of nitrogens with one attached hydrogen (secondary N) is 1. The third kappa shape index (κ3) is 4.94. The van der Waals surface area contributed by atoms with Crippen LogP contribution in [0.3, 0.4) is 0 Å². The minimum atomic E-state index is -1.44. The molecule has 0 heterocycles. The lowest BCUT2D eigenvalue weighted by Crippen LogP contribution is -2.22. The Morgan fingerprint density at radius 1 is 1.00 bits per heavy atom. The van der Waals surface area contributed by atoms with Crippen molar-refractivity contribution in [3.63, 3.8) is 0 Å². The number of halogens is 4. The van der Waals surface area contributed by atoms with Crippen LogP contribution in [0.4, 0.5) is 23.2 Å². The lowest BCUT2D eigenvalue weighted by Gasteiger charge is -2.15. The fourth-order valence-corrected chi connectivity index (χ4v) is 2.03. The first kappa shape index (κ1) is 19.4. The second-order valence-electron chi connectivity index (χ2n) is 4.85. The summed E-state index contributed by atoms with van der Waals surface area (Å²) in [5.74, 6) is -5.72. The summed E-state index contributed by atoms with van der Waals surface area (Å²) in [4.78, 5) is 1.99. The Bertz CT molecular complexity index is 516. The third-order valence-corrected chi connectivity index (χ3v) is 3.45. The number of nitrogens with zero attached hydrogens (tertiary/aromatic N) is 1. The zero-order valence-electron chi connectivity index (χ0n) is 13.6. The van der Waals surface area contributed by atoms with Gasteiger partial charge in [0.2, 0.25) is 0 Å². The Hall–Kier alpha value is -1.60. The molecule has 0 aliphatic heterocycles. The van der Waals surface area contributed by atoms with Gasteiger partial charge in [0, 0.05) is 20.2 Å². The molecule has 23 heavy (non-hydrogen) atoms. The van der Waals surface area contributed by atoms with Crippen LogP contribution < -0.4 is 5.32 Å². The number of benzene rings is 1. The van der Waals surface area contributed by atoms with Crippen molar-refractivity contribution in [2.45, 2.75) is 13.8 Å². The zero-order chi connectivity index (χ0) is 17.4. The van der Waals surface area contributed by atoms with Crippen LogP contribution in [0, 0.1) is 23.3 Å². The number of likely N-dealkylation sites (N-methyl/N-ethyl adjacent to an activating group) is 1. The van der Waals surface area contributed by atoms with E-state index in [9.17, 15) is 17.6 Å². The van der Waals surface area contributed by atoms with E-state index in [0.29, 0.717) is 6.54 Å². The summed E-state index contributed by atoms with van der Waals surface area (Å²) in [6.07, 6.45) is 2.54. The van der Waals surface area contributed by atoms with Crippen LogP contribution in [-0.4, -0.2) is 44.8 Å². The first-order chi connectivity index (χ1) is 11.0. The molecular weight excluding hydrogens is 312 g/mol. The minimum Gasteiger partial charge on any atom is -0.383 e.